The van der Waals surface area contributed by atoms with Crippen LogP contribution in [0.15, 0.2) is 48.5 Å². The van der Waals surface area contributed by atoms with Crippen LogP contribution in [0, 0.1) is 0 Å². The van der Waals surface area contributed by atoms with Crippen molar-refractivity contribution in [3.63, 3.8) is 0 Å². The second-order valence-electron chi connectivity index (χ2n) is 5.98. The highest BCUT2D eigenvalue weighted by Crippen LogP contribution is 2.17. The molecule has 23 heavy (non-hydrogen) atoms. The topological polar surface area (TPSA) is 41.1 Å². The van der Waals surface area contributed by atoms with Gasteiger partial charge in [0.25, 0.3) is 0 Å². The highest BCUT2D eigenvalue weighted by Gasteiger charge is 2.08. The summed E-state index contributed by atoms with van der Waals surface area (Å²) in [5.74, 6) is 0.435. The van der Waals surface area contributed by atoms with Crippen molar-refractivity contribution in [2.75, 3.05) is 11.9 Å². The molecule has 0 radical (unpaired) electrons. The number of hydrogen-bond acceptors (Lipinski definition) is 2. The molecule has 0 fully saturated rings. The number of nitrogens with one attached hydrogen (secondary N) is 2. The molecule has 3 nitrogen and oxygen atoms in total. The average molecular weight is 331 g/mol. The monoisotopic (exact) mass is 330 g/mol. The molecular formula is C19H23ClN2O. The minimum absolute atomic E-state index is 0.0527. The van der Waals surface area contributed by atoms with Crippen LogP contribution in [-0.4, -0.2) is 12.5 Å². The summed E-state index contributed by atoms with van der Waals surface area (Å²) in [5.41, 5.74) is 3.18. The maximum Gasteiger partial charge on any atom is 0.238 e. The van der Waals surface area contributed by atoms with E-state index in [1.807, 2.05) is 55.5 Å². The summed E-state index contributed by atoms with van der Waals surface area (Å²) >= 11 is 5.88. The summed E-state index contributed by atoms with van der Waals surface area (Å²) in [6.45, 7) is 6.58. The smallest absolute Gasteiger partial charge is 0.238 e. The molecule has 2 N–H and O–H groups in total. The average Bonchev–Trinajstić information content (AvgIpc) is 2.54. The Morgan fingerprint density at radius 3 is 2.09 bits per heavy atom. The van der Waals surface area contributed by atoms with Crippen LogP contribution in [-0.2, 0) is 4.79 Å². The Morgan fingerprint density at radius 1 is 0.957 bits per heavy atom. The zero-order chi connectivity index (χ0) is 16.8. The van der Waals surface area contributed by atoms with Crippen molar-refractivity contribution in [1.29, 1.82) is 0 Å². The third kappa shape index (κ3) is 5.38. The molecule has 0 aromatic heterocycles. The molecule has 0 aliphatic heterocycles. The van der Waals surface area contributed by atoms with E-state index in [0.717, 1.165) is 11.3 Å². The normalized spacial score (nSPS) is 12.2. The van der Waals surface area contributed by atoms with Gasteiger partial charge in [0.05, 0.1) is 6.54 Å². The number of anilines is 1. The van der Waals surface area contributed by atoms with Crippen LogP contribution in [0.2, 0.25) is 5.02 Å². The molecule has 0 bridgehead atoms. The first-order chi connectivity index (χ1) is 11.0. The minimum Gasteiger partial charge on any atom is -0.325 e. The standard InChI is InChI=1S/C19H23ClN2O/c1-13(2)15-6-10-18(11-7-15)22-19(23)12-21-14(3)16-4-8-17(20)9-5-16/h4-11,13-14,21H,12H2,1-3H3,(H,22,23)/t14-/m1/s1. The van der Waals surface area contributed by atoms with Gasteiger partial charge in [-0.05, 0) is 48.2 Å². The van der Waals surface area contributed by atoms with Crippen LogP contribution in [0.4, 0.5) is 5.69 Å². The lowest BCUT2D eigenvalue weighted by Crippen LogP contribution is -2.30. The van der Waals surface area contributed by atoms with Gasteiger partial charge >= 0.3 is 0 Å². The fraction of sp³-hybridized carbons (Fsp3) is 0.316. The molecule has 0 spiro atoms. The van der Waals surface area contributed by atoms with Crippen molar-refractivity contribution in [3.8, 4) is 0 Å². The number of halogens is 1. The Labute approximate surface area is 143 Å². The summed E-state index contributed by atoms with van der Waals surface area (Å²) in [7, 11) is 0. The number of hydrogen-bond donors (Lipinski definition) is 2. The van der Waals surface area contributed by atoms with Crippen molar-refractivity contribution < 1.29 is 4.79 Å². The summed E-state index contributed by atoms with van der Waals surface area (Å²) in [6.07, 6.45) is 0. The third-order valence-corrected chi connectivity index (χ3v) is 4.05. The number of amides is 1. The van der Waals surface area contributed by atoms with Crippen molar-refractivity contribution in [2.45, 2.75) is 32.7 Å². The van der Waals surface area contributed by atoms with Crippen LogP contribution in [0.25, 0.3) is 0 Å². The van der Waals surface area contributed by atoms with Gasteiger partial charge in [0, 0.05) is 16.8 Å². The highest BCUT2D eigenvalue weighted by atomic mass is 35.5. The molecule has 1 atom stereocenters. The molecule has 2 rings (SSSR count). The molecule has 0 saturated carbocycles. The fourth-order valence-corrected chi connectivity index (χ4v) is 2.40. The number of rotatable bonds is 6. The van der Waals surface area contributed by atoms with E-state index in [1.165, 1.54) is 5.56 Å². The zero-order valence-corrected chi connectivity index (χ0v) is 14.5. The van der Waals surface area contributed by atoms with Gasteiger partial charge < -0.3 is 10.6 Å². The first kappa shape index (κ1) is 17.5. The quantitative estimate of drug-likeness (QED) is 0.802. The zero-order valence-electron chi connectivity index (χ0n) is 13.8. The summed E-state index contributed by atoms with van der Waals surface area (Å²) < 4.78 is 0. The Balaban J connectivity index is 1.83. The molecule has 0 unspecified atom stereocenters. The van der Waals surface area contributed by atoms with Crippen molar-refractivity contribution in [3.05, 3.63) is 64.7 Å². The summed E-state index contributed by atoms with van der Waals surface area (Å²) in [5, 5.41) is 6.83. The second-order valence-corrected chi connectivity index (χ2v) is 6.42. The van der Waals surface area contributed by atoms with Gasteiger partial charge in [-0.15, -0.1) is 0 Å². The molecule has 0 aliphatic carbocycles. The molecular weight excluding hydrogens is 308 g/mol. The van der Waals surface area contributed by atoms with Gasteiger partial charge in [0.2, 0.25) is 5.91 Å². The number of carbonyl (C=O) groups excluding carboxylic acids is 1. The Morgan fingerprint density at radius 2 is 1.52 bits per heavy atom. The molecule has 2 aromatic carbocycles. The van der Waals surface area contributed by atoms with E-state index < -0.39 is 0 Å². The van der Waals surface area contributed by atoms with Gasteiger partial charge in [-0.1, -0.05) is 49.7 Å². The predicted octanol–water partition coefficient (Wildman–Crippen LogP) is 4.75. The van der Waals surface area contributed by atoms with Gasteiger partial charge in [-0.2, -0.15) is 0 Å². The summed E-state index contributed by atoms with van der Waals surface area (Å²) in [4.78, 5) is 12.0. The van der Waals surface area contributed by atoms with Crippen LogP contribution in [0.3, 0.4) is 0 Å². The third-order valence-electron chi connectivity index (χ3n) is 3.80. The van der Waals surface area contributed by atoms with Crippen LogP contribution in [0.5, 0.6) is 0 Å². The predicted molar refractivity (Wildman–Crippen MR) is 97.0 cm³/mol. The van der Waals surface area contributed by atoms with Gasteiger partial charge in [-0.3, -0.25) is 4.79 Å². The molecule has 122 valence electrons. The van der Waals surface area contributed by atoms with E-state index >= 15 is 0 Å². The summed E-state index contributed by atoms with van der Waals surface area (Å²) in [6, 6.07) is 15.7. The second kappa shape index (κ2) is 8.14. The van der Waals surface area contributed by atoms with E-state index in [-0.39, 0.29) is 18.5 Å². The lowest BCUT2D eigenvalue weighted by atomic mass is 10.0. The highest BCUT2D eigenvalue weighted by molar-refractivity contribution is 6.30. The van der Waals surface area contributed by atoms with Gasteiger partial charge in [-0.25, -0.2) is 0 Å². The Hall–Kier alpha value is -1.84. The molecule has 0 heterocycles. The van der Waals surface area contributed by atoms with Crippen LogP contribution in [0.1, 0.15) is 43.9 Å². The molecule has 0 aliphatic rings. The SMILES string of the molecule is CC(C)c1ccc(NC(=O)CN[C@H](C)c2ccc(Cl)cc2)cc1. The minimum atomic E-state index is -0.0527. The van der Waals surface area contributed by atoms with Crippen LogP contribution < -0.4 is 10.6 Å². The fourth-order valence-electron chi connectivity index (χ4n) is 2.27. The first-order valence-corrected chi connectivity index (χ1v) is 8.22. The van der Waals surface area contributed by atoms with Crippen molar-refractivity contribution in [1.82, 2.24) is 5.32 Å². The molecule has 4 heteroatoms. The van der Waals surface area contributed by atoms with E-state index in [4.69, 9.17) is 11.6 Å². The Bertz CT molecular complexity index is 635. The van der Waals surface area contributed by atoms with Gasteiger partial charge in [0.15, 0.2) is 0 Å². The molecule has 1 amide bonds. The number of benzene rings is 2. The molecule has 0 saturated heterocycles. The first-order valence-electron chi connectivity index (χ1n) is 7.84. The van der Waals surface area contributed by atoms with E-state index in [9.17, 15) is 4.79 Å². The van der Waals surface area contributed by atoms with E-state index in [1.54, 1.807) is 0 Å². The lowest BCUT2D eigenvalue weighted by Gasteiger charge is -2.14. The van der Waals surface area contributed by atoms with Gasteiger partial charge in [0.1, 0.15) is 0 Å². The van der Waals surface area contributed by atoms with E-state index in [0.29, 0.717) is 10.9 Å². The van der Waals surface area contributed by atoms with Crippen LogP contribution >= 0.6 is 11.6 Å². The largest absolute Gasteiger partial charge is 0.325 e. The van der Waals surface area contributed by atoms with Crippen molar-refractivity contribution in [2.24, 2.45) is 0 Å². The lowest BCUT2D eigenvalue weighted by molar-refractivity contribution is -0.115. The molecule has 2 aromatic rings. The van der Waals surface area contributed by atoms with E-state index in [2.05, 4.69) is 24.5 Å². The number of carbonyl (C=O) groups is 1. The van der Waals surface area contributed by atoms with Crippen molar-refractivity contribution >= 4 is 23.2 Å². The maximum atomic E-state index is 12.0. The maximum absolute atomic E-state index is 12.0. The Kier molecular flexibility index (Phi) is 6.20.